The van der Waals surface area contributed by atoms with E-state index in [0.29, 0.717) is 19.4 Å². The number of rotatable bonds is 4. The Morgan fingerprint density at radius 2 is 1.71 bits per heavy atom. The first-order valence-electron chi connectivity index (χ1n) is 7.47. The molecule has 0 spiro atoms. The van der Waals surface area contributed by atoms with Crippen LogP contribution in [0, 0.1) is 17.5 Å². The minimum atomic E-state index is -1.55. The van der Waals surface area contributed by atoms with Gasteiger partial charge < -0.3 is 9.84 Å². The van der Waals surface area contributed by atoms with E-state index in [9.17, 15) is 18.3 Å². The van der Waals surface area contributed by atoms with E-state index >= 15 is 0 Å². The third-order valence-electron chi connectivity index (χ3n) is 4.24. The molecule has 0 bridgehead atoms. The molecule has 118 valence electrons. The summed E-state index contributed by atoms with van der Waals surface area (Å²) in [6.07, 6.45) is 3.65. The zero-order valence-corrected chi connectivity index (χ0v) is 12.2. The first-order valence-corrected chi connectivity index (χ1v) is 7.47. The molecule has 21 heavy (non-hydrogen) atoms. The molecular weight excluding hydrogens is 281 g/mol. The van der Waals surface area contributed by atoms with Gasteiger partial charge in [-0.15, -0.1) is 0 Å². The number of hydrogen-bond donors (Lipinski definition) is 1. The van der Waals surface area contributed by atoms with Gasteiger partial charge in [-0.3, -0.25) is 0 Å². The van der Waals surface area contributed by atoms with Crippen molar-refractivity contribution >= 4 is 0 Å². The zero-order chi connectivity index (χ0) is 15.5. The van der Waals surface area contributed by atoms with Crippen LogP contribution in [0.1, 0.15) is 57.1 Å². The van der Waals surface area contributed by atoms with Crippen LogP contribution in [0.2, 0.25) is 0 Å². The van der Waals surface area contributed by atoms with Gasteiger partial charge in [0.2, 0.25) is 0 Å². The van der Waals surface area contributed by atoms with Gasteiger partial charge in [0.25, 0.3) is 0 Å². The average Bonchev–Trinajstić information content (AvgIpc) is 2.71. The van der Waals surface area contributed by atoms with Crippen LogP contribution in [0.4, 0.5) is 13.2 Å². The van der Waals surface area contributed by atoms with Gasteiger partial charge in [0, 0.05) is 12.2 Å². The van der Waals surface area contributed by atoms with Gasteiger partial charge in [-0.05, 0) is 25.8 Å². The van der Waals surface area contributed by atoms with E-state index in [1.54, 1.807) is 6.92 Å². The van der Waals surface area contributed by atoms with Crippen LogP contribution in [0.15, 0.2) is 12.1 Å². The number of hydrogen-bond acceptors (Lipinski definition) is 2. The van der Waals surface area contributed by atoms with Gasteiger partial charge in [0.1, 0.15) is 6.10 Å². The summed E-state index contributed by atoms with van der Waals surface area (Å²) in [5, 5.41) is 10.6. The molecule has 0 aliphatic heterocycles. The van der Waals surface area contributed by atoms with Gasteiger partial charge in [-0.25, -0.2) is 13.2 Å². The molecule has 1 aromatic carbocycles. The van der Waals surface area contributed by atoms with E-state index in [0.717, 1.165) is 37.8 Å². The Morgan fingerprint density at radius 1 is 1.10 bits per heavy atom. The Labute approximate surface area is 122 Å². The summed E-state index contributed by atoms with van der Waals surface area (Å²) in [7, 11) is 0. The first kappa shape index (κ1) is 16.3. The van der Waals surface area contributed by atoms with Crippen molar-refractivity contribution in [3.63, 3.8) is 0 Å². The van der Waals surface area contributed by atoms with Crippen LogP contribution in [-0.2, 0) is 4.74 Å². The Balaban J connectivity index is 2.38. The fraction of sp³-hybridized carbons (Fsp3) is 0.625. The van der Waals surface area contributed by atoms with E-state index in [1.807, 2.05) is 0 Å². The Hall–Kier alpha value is -1.07. The van der Waals surface area contributed by atoms with E-state index in [2.05, 4.69) is 0 Å². The van der Waals surface area contributed by atoms with Gasteiger partial charge in [0.05, 0.1) is 5.60 Å². The Morgan fingerprint density at radius 3 is 2.29 bits per heavy atom. The predicted molar refractivity (Wildman–Crippen MR) is 73.3 cm³/mol. The van der Waals surface area contributed by atoms with E-state index < -0.39 is 29.2 Å². The molecule has 0 amide bonds. The summed E-state index contributed by atoms with van der Waals surface area (Å²) in [5.41, 5.74) is -1.15. The van der Waals surface area contributed by atoms with Gasteiger partial charge in [-0.2, -0.15) is 0 Å². The topological polar surface area (TPSA) is 29.5 Å². The standard InChI is InChI=1S/C16H21F3O2/c1-2-21-16(9-5-3-4-6-10-16)15(20)11-7-8-12(17)14(19)13(11)18/h7-8,15,20H,2-6,9-10H2,1H3. The highest BCUT2D eigenvalue weighted by Gasteiger charge is 2.41. The zero-order valence-electron chi connectivity index (χ0n) is 12.2. The van der Waals surface area contributed by atoms with Gasteiger partial charge >= 0.3 is 0 Å². The molecule has 0 saturated heterocycles. The summed E-state index contributed by atoms with van der Waals surface area (Å²) < 4.78 is 46.2. The Kier molecular flexibility index (Phi) is 5.27. The molecule has 1 aliphatic carbocycles. The molecule has 0 heterocycles. The van der Waals surface area contributed by atoms with Crippen LogP contribution >= 0.6 is 0 Å². The average molecular weight is 302 g/mol. The van der Waals surface area contributed by atoms with Crippen molar-refractivity contribution in [1.82, 2.24) is 0 Å². The lowest BCUT2D eigenvalue weighted by Crippen LogP contribution is -2.39. The molecule has 1 aromatic rings. The molecule has 1 saturated carbocycles. The number of aliphatic hydroxyl groups is 1. The highest BCUT2D eigenvalue weighted by Crippen LogP contribution is 2.41. The summed E-state index contributed by atoms with van der Waals surface area (Å²) in [6, 6.07) is 1.94. The fourth-order valence-corrected chi connectivity index (χ4v) is 3.15. The summed E-state index contributed by atoms with van der Waals surface area (Å²) in [4.78, 5) is 0. The fourth-order valence-electron chi connectivity index (χ4n) is 3.15. The third kappa shape index (κ3) is 3.24. The van der Waals surface area contributed by atoms with Crippen molar-refractivity contribution in [3.8, 4) is 0 Å². The second kappa shape index (κ2) is 6.79. The normalized spacial score (nSPS) is 20.0. The summed E-state index contributed by atoms with van der Waals surface area (Å²) in [5.74, 6) is -4.13. The molecule has 2 nitrogen and oxygen atoms in total. The highest BCUT2D eigenvalue weighted by atomic mass is 19.2. The number of ether oxygens (including phenoxy) is 1. The molecule has 1 atom stereocenters. The monoisotopic (exact) mass is 302 g/mol. The lowest BCUT2D eigenvalue weighted by molar-refractivity contribution is -0.132. The van der Waals surface area contributed by atoms with Crippen molar-refractivity contribution in [1.29, 1.82) is 0 Å². The quantitative estimate of drug-likeness (QED) is 0.665. The van der Waals surface area contributed by atoms with E-state index in [4.69, 9.17) is 4.74 Å². The van der Waals surface area contributed by atoms with Crippen LogP contribution in [0.5, 0.6) is 0 Å². The van der Waals surface area contributed by atoms with Crippen LogP contribution < -0.4 is 0 Å². The number of aliphatic hydroxyl groups excluding tert-OH is 1. The van der Waals surface area contributed by atoms with Gasteiger partial charge in [-0.1, -0.05) is 31.7 Å². The molecule has 0 radical (unpaired) electrons. The van der Waals surface area contributed by atoms with Crippen molar-refractivity contribution in [2.75, 3.05) is 6.61 Å². The SMILES string of the molecule is CCOC1(C(O)c2ccc(F)c(F)c2F)CCCCCC1. The molecule has 2 rings (SSSR count). The molecular formula is C16H21F3O2. The summed E-state index contributed by atoms with van der Waals surface area (Å²) >= 11 is 0. The molecule has 0 aromatic heterocycles. The molecule has 1 aliphatic rings. The van der Waals surface area contributed by atoms with Crippen LogP contribution in [0.3, 0.4) is 0 Å². The summed E-state index contributed by atoms with van der Waals surface area (Å²) in [6.45, 7) is 2.18. The molecule has 5 heteroatoms. The minimum absolute atomic E-state index is 0.232. The maximum atomic E-state index is 13.9. The first-order chi connectivity index (χ1) is 10.0. The van der Waals surface area contributed by atoms with Crippen LogP contribution in [0.25, 0.3) is 0 Å². The predicted octanol–water partition coefficient (Wildman–Crippen LogP) is 4.27. The number of halogens is 3. The van der Waals surface area contributed by atoms with Crippen molar-refractivity contribution in [3.05, 3.63) is 35.1 Å². The second-order valence-corrected chi connectivity index (χ2v) is 5.58. The van der Waals surface area contributed by atoms with E-state index in [-0.39, 0.29) is 5.56 Å². The lowest BCUT2D eigenvalue weighted by atomic mass is 9.84. The molecule has 1 fully saturated rings. The second-order valence-electron chi connectivity index (χ2n) is 5.58. The van der Waals surface area contributed by atoms with Crippen molar-refractivity contribution in [2.24, 2.45) is 0 Å². The lowest BCUT2D eigenvalue weighted by Gasteiger charge is -2.37. The third-order valence-corrected chi connectivity index (χ3v) is 4.24. The highest BCUT2D eigenvalue weighted by molar-refractivity contribution is 5.25. The van der Waals surface area contributed by atoms with Gasteiger partial charge in [0.15, 0.2) is 17.5 Å². The van der Waals surface area contributed by atoms with Crippen LogP contribution in [-0.4, -0.2) is 17.3 Å². The van der Waals surface area contributed by atoms with E-state index in [1.165, 1.54) is 0 Å². The Bertz CT molecular complexity index is 483. The van der Waals surface area contributed by atoms with Crippen molar-refractivity contribution in [2.45, 2.75) is 57.2 Å². The van der Waals surface area contributed by atoms with Crippen molar-refractivity contribution < 1.29 is 23.0 Å². The molecule has 1 unspecified atom stereocenters. The number of benzene rings is 1. The largest absolute Gasteiger partial charge is 0.385 e. The molecule has 1 N–H and O–H groups in total. The maximum Gasteiger partial charge on any atom is 0.194 e. The maximum absolute atomic E-state index is 13.9. The minimum Gasteiger partial charge on any atom is -0.385 e. The smallest absolute Gasteiger partial charge is 0.194 e.